The second-order valence-corrected chi connectivity index (χ2v) is 6.96. The third-order valence-corrected chi connectivity index (χ3v) is 5.08. The summed E-state index contributed by atoms with van der Waals surface area (Å²) in [4.78, 5) is 0. The van der Waals surface area contributed by atoms with Gasteiger partial charge < -0.3 is 20.1 Å². The van der Waals surface area contributed by atoms with Crippen molar-refractivity contribution in [3.05, 3.63) is 47.5 Å². The second kappa shape index (κ2) is 7.26. The molecule has 132 valence electrons. The molecule has 2 aliphatic heterocycles. The number of anilines is 2. The van der Waals surface area contributed by atoms with Crippen molar-refractivity contribution in [1.29, 1.82) is 0 Å². The smallest absolute Gasteiger partial charge is 0.161 e. The summed E-state index contributed by atoms with van der Waals surface area (Å²) in [6, 6.07) is 13.1. The van der Waals surface area contributed by atoms with Crippen molar-refractivity contribution in [1.82, 2.24) is 0 Å². The van der Waals surface area contributed by atoms with Crippen molar-refractivity contribution in [3.8, 4) is 11.5 Å². The normalized spacial score (nSPS) is 16.4. The lowest BCUT2D eigenvalue weighted by Gasteiger charge is -2.14. The van der Waals surface area contributed by atoms with Gasteiger partial charge in [0.25, 0.3) is 0 Å². The fraction of sp³-hybridized carbons (Fsp3) is 0.429. The number of aryl methyl sites for hydroxylation is 1. The first-order chi connectivity index (χ1) is 12.3. The molecule has 2 aromatic carbocycles. The molecular weight excluding hydrogens is 312 g/mol. The molecule has 0 spiro atoms. The first kappa shape index (κ1) is 16.1. The molecule has 0 aromatic heterocycles. The lowest BCUT2D eigenvalue weighted by molar-refractivity contribution is 0.297. The largest absolute Gasteiger partial charge is 0.490 e. The van der Waals surface area contributed by atoms with Crippen molar-refractivity contribution >= 4 is 11.4 Å². The van der Waals surface area contributed by atoms with Crippen LogP contribution >= 0.6 is 0 Å². The van der Waals surface area contributed by atoms with Crippen molar-refractivity contribution < 1.29 is 9.47 Å². The van der Waals surface area contributed by atoms with E-state index < -0.39 is 0 Å². The van der Waals surface area contributed by atoms with Crippen LogP contribution < -0.4 is 20.1 Å². The molecule has 2 heterocycles. The minimum absolute atomic E-state index is 0.563. The van der Waals surface area contributed by atoms with E-state index in [-0.39, 0.29) is 0 Å². The number of hydrogen-bond donors (Lipinski definition) is 2. The molecule has 0 saturated heterocycles. The fourth-order valence-corrected chi connectivity index (χ4v) is 3.55. The molecule has 0 amide bonds. The number of benzene rings is 2. The molecular formula is C21H26N2O2. The Bertz CT molecular complexity index is 745. The summed E-state index contributed by atoms with van der Waals surface area (Å²) < 4.78 is 11.5. The molecule has 2 aromatic rings. The summed E-state index contributed by atoms with van der Waals surface area (Å²) in [6.45, 7) is 4.64. The lowest BCUT2D eigenvalue weighted by atomic mass is 9.93. The standard InChI is InChI=1S/C21H26N2O2/c1-15(17-7-8-18-19(13-17)23-14-22-18)4-2-5-16-6-9-20-21(12-16)25-11-3-10-24-20/h6-9,12-13,15,22-23H,2-5,10-11,14H2,1H3. The van der Waals surface area contributed by atoms with Crippen LogP contribution in [0.1, 0.15) is 43.2 Å². The van der Waals surface area contributed by atoms with E-state index in [2.05, 4.69) is 54.0 Å². The Balaban J connectivity index is 1.33. The Kier molecular flexibility index (Phi) is 4.68. The zero-order valence-corrected chi connectivity index (χ0v) is 14.8. The van der Waals surface area contributed by atoms with Gasteiger partial charge in [-0.1, -0.05) is 19.1 Å². The Morgan fingerprint density at radius 2 is 1.80 bits per heavy atom. The van der Waals surface area contributed by atoms with Crippen LogP contribution in [-0.2, 0) is 6.42 Å². The first-order valence-electron chi connectivity index (χ1n) is 9.30. The number of fused-ring (bicyclic) bond motifs is 2. The minimum Gasteiger partial charge on any atom is -0.490 e. The highest BCUT2D eigenvalue weighted by atomic mass is 16.5. The van der Waals surface area contributed by atoms with Crippen molar-refractivity contribution in [3.63, 3.8) is 0 Å². The number of hydrogen-bond acceptors (Lipinski definition) is 4. The Morgan fingerprint density at radius 3 is 2.72 bits per heavy atom. The molecule has 4 nitrogen and oxygen atoms in total. The fourth-order valence-electron chi connectivity index (χ4n) is 3.55. The van der Waals surface area contributed by atoms with Crippen LogP contribution in [0.25, 0.3) is 0 Å². The molecule has 0 bridgehead atoms. The predicted molar refractivity (Wildman–Crippen MR) is 102 cm³/mol. The highest BCUT2D eigenvalue weighted by Crippen LogP contribution is 2.33. The van der Waals surface area contributed by atoms with Gasteiger partial charge in [0.05, 0.1) is 31.3 Å². The van der Waals surface area contributed by atoms with Crippen LogP contribution in [0.2, 0.25) is 0 Å². The molecule has 0 radical (unpaired) electrons. The molecule has 2 N–H and O–H groups in total. The van der Waals surface area contributed by atoms with E-state index >= 15 is 0 Å². The maximum Gasteiger partial charge on any atom is 0.161 e. The maximum absolute atomic E-state index is 5.79. The van der Waals surface area contributed by atoms with Gasteiger partial charge in [0.1, 0.15) is 0 Å². The maximum atomic E-state index is 5.79. The summed E-state index contributed by atoms with van der Waals surface area (Å²) in [7, 11) is 0. The van der Waals surface area contributed by atoms with Gasteiger partial charge in [-0.3, -0.25) is 0 Å². The average Bonchev–Trinajstić information content (AvgIpc) is 2.98. The van der Waals surface area contributed by atoms with E-state index in [0.29, 0.717) is 5.92 Å². The van der Waals surface area contributed by atoms with E-state index in [4.69, 9.17) is 9.47 Å². The Morgan fingerprint density at radius 1 is 0.960 bits per heavy atom. The van der Waals surface area contributed by atoms with Crippen LogP contribution in [0, 0.1) is 0 Å². The second-order valence-electron chi connectivity index (χ2n) is 6.96. The van der Waals surface area contributed by atoms with Gasteiger partial charge in [-0.05, 0) is 60.6 Å². The first-order valence-corrected chi connectivity index (χ1v) is 9.30. The highest BCUT2D eigenvalue weighted by molar-refractivity contribution is 5.74. The molecule has 4 heteroatoms. The summed E-state index contributed by atoms with van der Waals surface area (Å²) in [6.07, 6.45) is 4.38. The quantitative estimate of drug-likeness (QED) is 0.824. The number of nitrogens with one attached hydrogen (secondary N) is 2. The van der Waals surface area contributed by atoms with Gasteiger partial charge >= 0.3 is 0 Å². The van der Waals surface area contributed by atoms with Gasteiger partial charge in [0, 0.05) is 6.42 Å². The predicted octanol–water partition coefficient (Wildman–Crippen LogP) is 4.77. The van der Waals surface area contributed by atoms with Gasteiger partial charge in [-0.2, -0.15) is 0 Å². The van der Waals surface area contributed by atoms with Crippen molar-refractivity contribution in [2.75, 3.05) is 30.5 Å². The molecule has 4 rings (SSSR count). The number of rotatable bonds is 5. The molecule has 0 aliphatic carbocycles. The van der Waals surface area contributed by atoms with E-state index in [1.165, 1.54) is 35.3 Å². The van der Waals surface area contributed by atoms with E-state index in [9.17, 15) is 0 Å². The third kappa shape index (κ3) is 3.68. The van der Waals surface area contributed by atoms with Gasteiger partial charge in [0.2, 0.25) is 0 Å². The van der Waals surface area contributed by atoms with Crippen LogP contribution in [-0.4, -0.2) is 19.9 Å². The van der Waals surface area contributed by atoms with Crippen LogP contribution in [0.5, 0.6) is 11.5 Å². The zero-order valence-electron chi connectivity index (χ0n) is 14.8. The van der Waals surface area contributed by atoms with Gasteiger partial charge in [0.15, 0.2) is 11.5 Å². The highest BCUT2D eigenvalue weighted by Gasteiger charge is 2.13. The topological polar surface area (TPSA) is 42.5 Å². The molecule has 25 heavy (non-hydrogen) atoms. The monoisotopic (exact) mass is 338 g/mol. The average molecular weight is 338 g/mol. The van der Waals surface area contributed by atoms with Crippen LogP contribution in [0.15, 0.2) is 36.4 Å². The Labute approximate surface area is 149 Å². The lowest BCUT2D eigenvalue weighted by Crippen LogP contribution is -1.99. The molecule has 0 saturated carbocycles. The molecule has 0 fully saturated rings. The molecule has 2 aliphatic rings. The Hall–Kier alpha value is -2.36. The van der Waals surface area contributed by atoms with Crippen LogP contribution in [0.3, 0.4) is 0 Å². The summed E-state index contributed by atoms with van der Waals surface area (Å²) in [5.74, 6) is 2.35. The summed E-state index contributed by atoms with van der Waals surface area (Å²) in [5, 5.41) is 6.70. The zero-order chi connectivity index (χ0) is 17.1. The SMILES string of the molecule is CC(CCCc1ccc2c(c1)OCCCO2)c1ccc2c(c1)NCN2. The molecule has 1 unspecified atom stereocenters. The summed E-state index contributed by atoms with van der Waals surface area (Å²) in [5.41, 5.74) is 5.18. The number of ether oxygens (including phenoxy) is 2. The van der Waals surface area contributed by atoms with Crippen LogP contribution in [0.4, 0.5) is 11.4 Å². The van der Waals surface area contributed by atoms with E-state index in [1.54, 1.807) is 0 Å². The summed E-state index contributed by atoms with van der Waals surface area (Å²) >= 11 is 0. The van der Waals surface area contributed by atoms with E-state index in [0.717, 1.165) is 44.2 Å². The van der Waals surface area contributed by atoms with Crippen molar-refractivity contribution in [2.45, 2.75) is 38.5 Å². The molecule has 1 atom stereocenters. The van der Waals surface area contributed by atoms with Gasteiger partial charge in [-0.15, -0.1) is 0 Å². The third-order valence-electron chi connectivity index (χ3n) is 5.08. The minimum atomic E-state index is 0.563. The van der Waals surface area contributed by atoms with Crippen molar-refractivity contribution in [2.24, 2.45) is 0 Å². The van der Waals surface area contributed by atoms with Gasteiger partial charge in [-0.25, -0.2) is 0 Å². The van der Waals surface area contributed by atoms with E-state index in [1.807, 2.05) is 0 Å².